The van der Waals surface area contributed by atoms with Gasteiger partial charge in [0.2, 0.25) is 0 Å². The molecule has 2 aliphatic rings. The summed E-state index contributed by atoms with van der Waals surface area (Å²) >= 11 is 0. The SMILES string of the molecule is C1=CC[C@@H]2NCC[C@H]2C1. The fraction of sp³-hybridized carbons (Fsp3) is 0.750. The van der Waals surface area contributed by atoms with Crippen molar-refractivity contribution in [1.29, 1.82) is 0 Å². The lowest BCUT2D eigenvalue weighted by Gasteiger charge is -2.19. The van der Waals surface area contributed by atoms with E-state index in [0.717, 1.165) is 12.0 Å². The van der Waals surface area contributed by atoms with Gasteiger partial charge >= 0.3 is 0 Å². The minimum absolute atomic E-state index is 0.829. The van der Waals surface area contributed by atoms with Gasteiger partial charge in [-0.3, -0.25) is 0 Å². The summed E-state index contributed by atoms with van der Waals surface area (Å²) in [6, 6.07) is 0.829. The Balaban J connectivity index is 2.07. The summed E-state index contributed by atoms with van der Waals surface area (Å²) in [6.07, 6.45) is 8.62. The van der Waals surface area contributed by atoms with Gasteiger partial charge in [0.1, 0.15) is 0 Å². The van der Waals surface area contributed by atoms with Gasteiger partial charge in [0.15, 0.2) is 0 Å². The molecule has 0 spiro atoms. The molecule has 1 fully saturated rings. The minimum atomic E-state index is 0.829. The van der Waals surface area contributed by atoms with Crippen LogP contribution in [0.3, 0.4) is 0 Å². The van der Waals surface area contributed by atoms with E-state index in [1.54, 1.807) is 0 Å². The number of hydrogen-bond acceptors (Lipinski definition) is 1. The summed E-state index contributed by atoms with van der Waals surface area (Å²) in [5.74, 6) is 0.968. The number of fused-ring (bicyclic) bond motifs is 1. The minimum Gasteiger partial charge on any atom is -0.313 e. The monoisotopic (exact) mass is 123 g/mol. The van der Waals surface area contributed by atoms with Gasteiger partial charge in [-0.2, -0.15) is 0 Å². The van der Waals surface area contributed by atoms with E-state index >= 15 is 0 Å². The van der Waals surface area contributed by atoms with Gasteiger partial charge in [0.05, 0.1) is 0 Å². The van der Waals surface area contributed by atoms with Crippen LogP contribution in [0.5, 0.6) is 0 Å². The normalized spacial score (nSPS) is 40.9. The molecule has 0 aromatic heterocycles. The third-order valence-corrected chi connectivity index (χ3v) is 2.49. The third-order valence-electron chi connectivity index (χ3n) is 2.49. The first-order valence-electron chi connectivity index (χ1n) is 3.85. The van der Waals surface area contributed by atoms with E-state index in [4.69, 9.17) is 0 Å². The average molecular weight is 123 g/mol. The molecule has 0 aromatic carbocycles. The van der Waals surface area contributed by atoms with Crippen molar-refractivity contribution in [2.75, 3.05) is 6.54 Å². The lowest BCUT2D eigenvalue weighted by molar-refractivity contribution is 0.439. The lowest BCUT2D eigenvalue weighted by atomic mass is 9.90. The van der Waals surface area contributed by atoms with Gasteiger partial charge in [0, 0.05) is 6.04 Å². The van der Waals surface area contributed by atoms with Crippen molar-refractivity contribution in [2.24, 2.45) is 5.92 Å². The Bertz CT molecular complexity index is 115. The molecule has 1 aliphatic heterocycles. The lowest BCUT2D eigenvalue weighted by Crippen LogP contribution is -2.27. The second-order valence-electron chi connectivity index (χ2n) is 3.05. The second kappa shape index (κ2) is 2.14. The third kappa shape index (κ3) is 0.897. The van der Waals surface area contributed by atoms with Crippen LogP contribution in [0.4, 0.5) is 0 Å². The highest BCUT2D eigenvalue weighted by Gasteiger charge is 2.26. The van der Waals surface area contributed by atoms with E-state index in [1.165, 1.54) is 25.8 Å². The molecule has 1 N–H and O–H groups in total. The summed E-state index contributed by atoms with van der Waals surface area (Å²) in [6.45, 7) is 1.25. The smallest absolute Gasteiger partial charge is 0.0133 e. The summed E-state index contributed by atoms with van der Waals surface area (Å²) in [5.41, 5.74) is 0. The predicted molar refractivity (Wildman–Crippen MR) is 38.3 cm³/mol. The van der Waals surface area contributed by atoms with Crippen molar-refractivity contribution in [3.8, 4) is 0 Å². The van der Waals surface area contributed by atoms with Crippen molar-refractivity contribution in [1.82, 2.24) is 5.32 Å². The molecule has 1 aliphatic carbocycles. The first-order valence-corrected chi connectivity index (χ1v) is 3.85. The Hall–Kier alpha value is -0.300. The number of allylic oxidation sites excluding steroid dienone is 1. The quantitative estimate of drug-likeness (QED) is 0.479. The van der Waals surface area contributed by atoms with Crippen LogP contribution >= 0.6 is 0 Å². The molecular formula is C8H13N. The van der Waals surface area contributed by atoms with Crippen LogP contribution < -0.4 is 5.32 Å². The Morgan fingerprint density at radius 1 is 1.22 bits per heavy atom. The summed E-state index contributed by atoms with van der Waals surface area (Å²) in [7, 11) is 0. The van der Waals surface area contributed by atoms with Gasteiger partial charge in [-0.05, 0) is 31.7 Å². The van der Waals surface area contributed by atoms with Crippen LogP contribution in [0.2, 0.25) is 0 Å². The molecule has 2 rings (SSSR count). The summed E-state index contributed by atoms with van der Waals surface area (Å²) < 4.78 is 0. The summed E-state index contributed by atoms with van der Waals surface area (Å²) in [5, 5.41) is 3.51. The maximum atomic E-state index is 3.51. The van der Waals surface area contributed by atoms with Crippen LogP contribution in [-0.2, 0) is 0 Å². The topological polar surface area (TPSA) is 12.0 Å². The number of nitrogens with one attached hydrogen (secondary N) is 1. The van der Waals surface area contributed by atoms with E-state index in [2.05, 4.69) is 17.5 Å². The van der Waals surface area contributed by atoms with Crippen LogP contribution in [0.25, 0.3) is 0 Å². The molecule has 0 unspecified atom stereocenters. The maximum Gasteiger partial charge on any atom is 0.0133 e. The molecule has 0 saturated carbocycles. The molecule has 0 bridgehead atoms. The van der Waals surface area contributed by atoms with Crippen LogP contribution in [-0.4, -0.2) is 12.6 Å². The van der Waals surface area contributed by atoms with Crippen LogP contribution in [0.15, 0.2) is 12.2 Å². The van der Waals surface area contributed by atoms with Crippen LogP contribution in [0.1, 0.15) is 19.3 Å². The van der Waals surface area contributed by atoms with Crippen molar-refractivity contribution < 1.29 is 0 Å². The van der Waals surface area contributed by atoms with Gasteiger partial charge in [-0.15, -0.1) is 0 Å². The fourth-order valence-corrected chi connectivity index (χ4v) is 1.89. The first kappa shape index (κ1) is 5.48. The molecule has 1 heteroatoms. The highest BCUT2D eigenvalue weighted by Crippen LogP contribution is 2.25. The Labute approximate surface area is 56.1 Å². The molecule has 9 heavy (non-hydrogen) atoms. The highest BCUT2D eigenvalue weighted by atomic mass is 14.9. The van der Waals surface area contributed by atoms with Gasteiger partial charge in [-0.1, -0.05) is 12.2 Å². The number of rotatable bonds is 0. The molecule has 1 saturated heterocycles. The highest BCUT2D eigenvalue weighted by molar-refractivity contribution is 5.00. The summed E-state index contributed by atoms with van der Waals surface area (Å²) in [4.78, 5) is 0. The molecule has 50 valence electrons. The molecule has 0 amide bonds. The molecule has 2 atom stereocenters. The van der Waals surface area contributed by atoms with E-state index < -0.39 is 0 Å². The fourth-order valence-electron chi connectivity index (χ4n) is 1.89. The second-order valence-corrected chi connectivity index (χ2v) is 3.05. The van der Waals surface area contributed by atoms with E-state index in [-0.39, 0.29) is 0 Å². The van der Waals surface area contributed by atoms with Crippen molar-refractivity contribution in [2.45, 2.75) is 25.3 Å². The molecule has 1 heterocycles. The van der Waals surface area contributed by atoms with Gasteiger partial charge in [-0.25, -0.2) is 0 Å². The predicted octanol–water partition coefficient (Wildman–Crippen LogP) is 1.31. The zero-order valence-corrected chi connectivity index (χ0v) is 5.64. The standard InChI is InChI=1S/C8H13N/c1-2-4-8-7(3-1)5-6-9-8/h1-2,7-9H,3-6H2/t7-,8+/m1/s1. The Morgan fingerprint density at radius 3 is 3.00 bits per heavy atom. The average Bonchev–Trinajstić information content (AvgIpc) is 2.33. The zero-order valence-electron chi connectivity index (χ0n) is 5.64. The molecule has 0 radical (unpaired) electrons. The van der Waals surface area contributed by atoms with E-state index in [9.17, 15) is 0 Å². The van der Waals surface area contributed by atoms with Crippen LogP contribution in [0, 0.1) is 5.92 Å². The zero-order chi connectivity index (χ0) is 6.10. The van der Waals surface area contributed by atoms with Gasteiger partial charge < -0.3 is 5.32 Å². The Kier molecular flexibility index (Phi) is 1.31. The van der Waals surface area contributed by atoms with Crippen molar-refractivity contribution >= 4 is 0 Å². The number of hydrogen-bond donors (Lipinski definition) is 1. The Morgan fingerprint density at radius 2 is 2.11 bits per heavy atom. The first-order chi connectivity index (χ1) is 4.47. The van der Waals surface area contributed by atoms with Crippen molar-refractivity contribution in [3.63, 3.8) is 0 Å². The largest absolute Gasteiger partial charge is 0.313 e. The van der Waals surface area contributed by atoms with Gasteiger partial charge in [0.25, 0.3) is 0 Å². The molecule has 1 nitrogen and oxygen atoms in total. The maximum absolute atomic E-state index is 3.51. The van der Waals surface area contributed by atoms with E-state index in [0.29, 0.717) is 0 Å². The molecular weight excluding hydrogens is 110 g/mol. The van der Waals surface area contributed by atoms with E-state index in [1.807, 2.05) is 0 Å². The molecule has 0 aromatic rings. The van der Waals surface area contributed by atoms with Crippen molar-refractivity contribution in [3.05, 3.63) is 12.2 Å².